The summed E-state index contributed by atoms with van der Waals surface area (Å²) in [7, 11) is -3.55. The number of aromatic nitrogens is 1. The molecule has 0 radical (unpaired) electrons. The molecule has 0 aromatic carbocycles. The van der Waals surface area contributed by atoms with Crippen molar-refractivity contribution in [1.29, 1.82) is 0 Å². The molecule has 0 amide bonds. The molecule has 8 heteroatoms. The number of nitrogens with zero attached hydrogens (tertiary/aromatic N) is 2. The van der Waals surface area contributed by atoms with E-state index in [-0.39, 0.29) is 23.5 Å². The molecular weight excluding hydrogens is 318 g/mol. The van der Waals surface area contributed by atoms with Crippen LogP contribution >= 0.6 is 0 Å². The third-order valence-corrected chi connectivity index (χ3v) is 5.93. The largest absolute Gasteiger partial charge is 0.480 e. The van der Waals surface area contributed by atoms with Gasteiger partial charge in [0.1, 0.15) is 4.90 Å². The highest BCUT2D eigenvalue weighted by Gasteiger charge is 2.38. The van der Waals surface area contributed by atoms with Gasteiger partial charge in [-0.2, -0.15) is 0 Å². The molecule has 1 aromatic heterocycles. The van der Waals surface area contributed by atoms with Crippen LogP contribution in [0.2, 0.25) is 0 Å². The summed E-state index contributed by atoms with van der Waals surface area (Å²) in [5.41, 5.74) is 0. The molecule has 7 nitrogen and oxygen atoms in total. The molecule has 2 saturated carbocycles. The maximum Gasteiger partial charge on any atom is 0.317 e. The average Bonchev–Trinajstić information content (AvgIpc) is 3.26. The highest BCUT2D eigenvalue weighted by molar-refractivity contribution is 7.89. The van der Waals surface area contributed by atoms with Crippen LogP contribution in [-0.2, 0) is 14.8 Å². The second-order valence-electron chi connectivity index (χ2n) is 6.40. The zero-order valence-corrected chi connectivity index (χ0v) is 13.6. The molecule has 0 unspecified atom stereocenters. The Bertz CT molecular complexity index is 655. The Balaban J connectivity index is 1.54. The first-order valence-corrected chi connectivity index (χ1v) is 9.30. The van der Waals surface area contributed by atoms with Gasteiger partial charge in [-0.15, -0.1) is 0 Å². The van der Waals surface area contributed by atoms with E-state index in [1.165, 1.54) is 31.3 Å². The first kappa shape index (κ1) is 16.4. The van der Waals surface area contributed by atoms with E-state index in [2.05, 4.69) is 9.71 Å². The van der Waals surface area contributed by atoms with Gasteiger partial charge in [0.25, 0.3) is 0 Å². The molecule has 3 rings (SSSR count). The van der Waals surface area contributed by atoms with E-state index in [4.69, 9.17) is 5.11 Å². The number of carboxylic acid groups (broad SMARTS) is 1. The summed E-state index contributed by atoms with van der Waals surface area (Å²) in [6.45, 7) is 0.836. The Morgan fingerprint density at radius 1 is 1.39 bits per heavy atom. The van der Waals surface area contributed by atoms with Gasteiger partial charge in [0.2, 0.25) is 10.0 Å². The van der Waals surface area contributed by atoms with Crippen molar-refractivity contribution < 1.29 is 18.3 Å². The third kappa shape index (κ3) is 4.27. The molecule has 2 fully saturated rings. The number of hydrogen-bond acceptors (Lipinski definition) is 5. The van der Waals surface area contributed by atoms with Crippen LogP contribution in [0.1, 0.15) is 25.7 Å². The zero-order chi connectivity index (χ0) is 16.4. The summed E-state index contributed by atoms with van der Waals surface area (Å²) in [4.78, 5) is 17.0. The van der Waals surface area contributed by atoms with Gasteiger partial charge in [0.05, 0.1) is 6.54 Å². The van der Waals surface area contributed by atoms with Crippen molar-refractivity contribution >= 4 is 16.0 Å². The lowest BCUT2D eigenvalue weighted by atomic mass is 9.86. The SMILES string of the molecule is O=C(O)CN(CC1CC1)C1CC(NS(=O)(=O)c2cccnc2)C1. The van der Waals surface area contributed by atoms with Gasteiger partial charge in [-0.1, -0.05) is 0 Å². The van der Waals surface area contributed by atoms with Gasteiger partial charge in [-0.25, -0.2) is 13.1 Å². The van der Waals surface area contributed by atoms with Crippen molar-refractivity contribution in [2.45, 2.75) is 42.7 Å². The molecular formula is C15H21N3O4S. The minimum absolute atomic E-state index is 0.0310. The van der Waals surface area contributed by atoms with Crippen LogP contribution in [0.25, 0.3) is 0 Å². The minimum Gasteiger partial charge on any atom is -0.480 e. The summed E-state index contributed by atoms with van der Waals surface area (Å²) in [6.07, 6.45) is 6.49. The number of carbonyl (C=O) groups is 1. The van der Waals surface area contributed by atoms with E-state index in [0.29, 0.717) is 18.8 Å². The van der Waals surface area contributed by atoms with Gasteiger partial charge >= 0.3 is 5.97 Å². The maximum atomic E-state index is 12.2. The van der Waals surface area contributed by atoms with Gasteiger partial charge in [0, 0.05) is 31.0 Å². The Morgan fingerprint density at radius 3 is 2.70 bits per heavy atom. The average molecular weight is 339 g/mol. The van der Waals surface area contributed by atoms with Crippen molar-refractivity contribution in [3.63, 3.8) is 0 Å². The summed E-state index contributed by atoms with van der Waals surface area (Å²) < 4.78 is 27.1. The number of sulfonamides is 1. The highest BCUT2D eigenvalue weighted by atomic mass is 32.2. The number of carboxylic acids is 1. The van der Waals surface area contributed by atoms with Crippen LogP contribution in [-0.4, -0.2) is 54.6 Å². The van der Waals surface area contributed by atoms with Crippen LogP contribution in [0.3, 0.4) is 0 Å². The summed E-state index contributed by atoms with van der Waals surface area (Å²) >= 11 is 0. The molecule has 0 saturated heterocycles. The Labute approximate surface area is 135 Å². The number of aliphatic carboxylic acids is 1. The molecule has 126 valence electrons. The Morgan fingerprint density at radius 2 is 2.13 bits per heavy atom. The van der Waals surface area contributed by atoms with Crippen LogP contribution in [0.5, 0.6) is 0 Å². The summed E-state index contributed by atoms with van der Waals surface area (Å²) in [5, 5.41) is 9.03. The predicted octanol–water partition coefficient (Wildman–Crippen LogP) is 0.688. The second-order valence-corrected chi connectivity index (χ2v) is 8.11. The van der Waals surface area contributed by atoms with Gasteiger partial charge in [0.15, 0.2) is 0 Å². The smallest absolute Gasteiger partial charge is 0.317 e. The second kappa shape index (κ2) is 6.54. The highest BCUT2D eigenvalue weighted by Crippen LogP contribution is 2.34. The van der Waals surface area contributed by atoms with Gasteiger partial charge < -0.3 is 5.11 Å². The number of hydrogen-bond donors (Lipinski definition) is 2. The molecule has 2 aliphatic carbocycles. The normalized spacial score (nSPS) is 24.4. The molecule has 2 aliphatic rings. The monoisotopic (exact) mass is 339 g/mol. The molecule has 0 aliphatic heterocycles. The van der Waals surface area contributed by atoms with E-state index >= 15 is 0 Å². The van der Waals surface area contributed by atoms with Crippen molar-refractivity contribution in [3.8, 4) is 0 Å². The van der Waals surface area contributed by atoms with E-state index < -0.39 is 16.0 Å². The van der Waals surface area contributed by atoms with Crippen LogP contribution in [0.15, 0.2) is 29.4 Å². The first-order chi connectivity index (χ1) is 10.9. The fourth-order valence-corrected chi connectivity index (χ4v) is 4.15. The maximum absolute atomic E-state index is 12.2. The molecule has 0 spiro atoms. The molecule has 0 bridgehead atoms. The summed E-state index contributed by atoms with van der Waals surface area (Å²) in [6, 6.07) is 3.10. The lowest BCUT2D eigenvalue weighted by Crippen LogP contribution is -2.55. The van der Waals surface area contributed by atoms with Gasteiger partial charge in [-0.3, -0.25) is 14.7 Å². The fraction of sp³-hybridized carbons (Fsp3) is 0.600. The molecule has 23 heavy (non-hydrogen) atoms. The summed E-state index contributed by atoms with van der Waals surface area (Å²) in [5.74, 6) is -0.217. The van der Waals surface area contributed by atoms with Crippen LogP contribution < -0.4 is 4.72 Å². The molecule has 0 atom stereocenters. The van der Waals surface area contributed by atoms with E-state index in [9.17, 15) is 13.2 Å². The quantitative estimate of drug-likeness (QED) is 0.723. The van der Waals surface area contributed by atoms with Crippen LogP contribution in [0, 0.1) is 5.92 Å². The minimum atomic E-state index is -3.55. The lowest BCUT2D eigenvalue weighted by molar-refractivity contribution is -0.139. The topological polar surface area (TPSA) is 99.6 Å². The third-order valence-electron chi connectivity index (χ3n) is 4.42. The lowest BCUT2D eigenvalue weighted by Gasteiger charge is -2.42. The van der Waals surface area contributed by atoms with E-state index in [1.807, 2.05) is 4.90 Å². The van der Waals surface area contributed by atoms with Gasteiger partial charge in [-0.05, 0) is 43.7 Å². The van der Waals surface area contributed by atoms with Crippen molar-refractivity contribution in [3.05, 3.63) is 24.5 Å². The molecule has 1 aromatic rings. The number of pyridine rings is 1. The fourth-order valence-electron chi connectivity index (χ4n) is 2.92. The van der Waals surface area contributed by atoms with Crippen molar-refractivity contribution in [2.24, 2.45) is 5.92 Å². The number of rotatable bonds is 8. The zero-order valence-electron chi connectivity index (χ0n) is 12.8. The van der Waals surface area contributed by atoms with Crippen LogP contribution in [0.4, 0.5) is 0 Å². The van der Waals surface area contributed by atoms with E-state index in [0.717, 1.165) is 6.54 Å². The standard InChI is InChI=1S/C15H21N3O4S/c19-15(20)10-18(9-11-3-4-11)13-6-12(7-13)17-23(21,22)14-2-1-5-16-8-14/h1-2,5,8,11-13,17H,3-4,6-7,9-10H2,(H,19,20). The Kier molecular flexibility index (Phi) is 4.65. The number of nitrogens with one attached hydrogen (secondary N) is 1. The Hall–Kier alpha value is -1.51. The van der Waals surface area contributed by atoms with Crippen molar-refractivity contribution in [2.75, 3.05) is 13.1 Å². The van der Waals surface area contributed by atoms with Crippen molar-refractivity contribution in [1.82, 2.24) is 14.6 Å². The predicted molar refractivity (Wildman–Crippen MR) is 83.3 cm³/mol. The van der Waals surface area contributed by atoms with E-state index in [1.54, 1.807) is 6.07 Å². The molecule has 2 N–H and O–H groups in total. The first-order valence-electron chi connectivity index (χ1n) is 7.82. The molecule has 1 heterocycles.